The van der Waals surface area contributed by atoms with Crippen LogP contribution >= 0.6 is 8.58 Å². The number of hydrogen-bond acceptors (Lipinski definition) is 1. The molecule has 0 bridgehead atoms. The molecule has 0 N–H and O–H groups in total. The van der Waals surface area contributed by atoms with Gasteiger partial charge in [-0.2, -0.15) is 0 Å². The van der Waals surface area contributed by atoms with Gasteiger partial charge in [-0.05, 0) is 26.6 Å². The molecule has 0 saturated carbocycles. The van der Waals surface area contributed by atoms with Crippen molar-refractivity contribution in [1.82, 2.24) is 4.90 Å². The summed E-state index contributed by atoms with van der Waals surface area (Å²) >= 11 is 0. The Balaban J connectivity index is 2.38. The van der Waals surface area contributed by atoms with Crippen LogP contribution in [-0.4, -0.2) is 37.1 Å². The van der Waals surface area contributed by atoms with Gasteiger partial charge >= 0.3 is 0 Å². The predicted octanol–water partition coefficient (Wildman–Crippen LogP) is 1.69. The molecule has 0 amide bonds. The van der Waals surface area contributed by atoms with Gasteiger partial charge in [-0.15, -0.1) is 0 Å². The summed E-state index contributed by atoms with van der Waals surface area (Å²) < 4.78 is 13.5. The zero-order chi connectivity index (χ0) is 7.61. The molecule has 0 aromatic heterocycles. The first-order valence-corrected chi connectivity index (χ1v) is 5.23. The predicted molar refractivity (Wildman–Crippen MR) is 44.8 cm³/mol. The molecule has 60 valence electrons. The minimum absolute atomic E-state index is 0.456. The number of halogens is 1. The Morgan fingerprint density at radius 3 is 2.30 bits per heavy atom. The molecule has 0 aliphatic carbocycles. The van der Waals surface area contributed by atoms with Gasteiger partial charge in [0.1, 0.15) is 5.41 Å². The van der Waals surface area contributed by atoms with Gasteiger partial charge in [0, 0.05) is 13.1 Å². The third-order valence-corrected chi connectivity index (χ3v) is 3.62. The van der Waals surface area contributed by atoms with Crippen molar-refractivity contribution in [1.29, 1.82) is 0 Å². The Hall–Kier alpha value is 0.320. The number of alkyl halides is 1. The highest BCUT2D eigenvalue weighted by molar-refractivity contribution is 7.38. The van der Waals surface area contributed by atoms with Crippen LogP contribution in [0, 0.1) is 0 Å². The lowest BCUT2D eigenvalue weighted by Gasteiger charge is -2.33. The van der Waals surface area contributed by atoms with Crippen LogP contribution < -0.4 is 0 Å². The molecule has 1 rings (SSSR count). The second-order valence-corrected chi connectivity index (χ2v) is 4.41. The Morgan fingerprint density at radius 2 is 1.90 bits per heavy atom. The van der Waals surface area contributed by atoms with Gasteiger partial charge in [0.25, 0.3) is 0 Å². The molecule has 3 heteroatoms. The van der Waals surface area contributed by atoms with E-state index in [9.17, 15) is 4.39 Å². The Morgan fingerprint density at radius 1 is 1.40 bits per heavy atom. The van der Waals surface area contributed by atoms with E-state index in [1.165, 1.54) is 0 Å². The molecule has 1 aliphatic heterocycles. The average molecular weight is 163 g/mol. The first-order chi connectivity index (χ1) is 4.66. The van der Waals surface area contributed by atoms with Crippen molar-refractivity contribution in [3.63, 3.8) is 0 Å². The summed E-state index contributed by atoms with van der Waals surface area (Å²) in [6.45, 7) is 3.82. The summed E-state index contributed by atoms with van der Waals surface area (Å²) in [5, 5.41) is -0.813. The van der Waals surface area contributed by atoms with Crippen molar-refractivity contribution in [2.75, 3.05) is 26.8 Å². The Labute approximate surface area is 63.8 Å². The second-order valence-electron chi connectivity index (χ2n) is 3.02. The van der Waals surface area contributed by atoms with Crippen LogP contribution in [0.25, 0.3) is 0 Å². The third-order valence-electron chi connectivity index (χ3n) is 2.23. The molecule has 10 heavy (non-hydrogen) atoms. The minimum Gasteiger partial charge on any atom is -0.306 e. The van der Waals surface area contributed by atoms with E-state index in [1.54, 1.807) is 0 Å². The molecule has 1 heterocycles. The number of nitrogens with zero attached hydrogens (tertiary/aromatic N) is 1. The van der Waals surface area contributed by atoms with E-state index in [-0.39, 0.29) is 0 Å². The standard InChI is InChI=1S/C7H15FNP/c1-9-5-3-7(8,10-2)4-6-9/h10H,3-6H2,1-2H3. The van der Waals surface area contributed by atoms with E-state index >= 15 is 0 Å². The lowest BCUT2D eigenvalue weighted by molar-refractivity contribution is 0.145. The zero-order valence-corrected chi connectivity index (χ0v) is 7.65. The fraction of sp³-hybridized carbons (Fsp3) is 1.00. The normalized spacial score (nSPS) is 27.9. The van der Waals surface area contributed by atoms with Crippen molar-refractivity contribution in [3.8, 4) is 0 Å². The number of hydrogen-bond donors (Lipinski definition) is 0. The van der Waals surface area contributed by atoms with Gasteiger partial charge < -0.3 is 4.90 Å². The molecule has 1 fully saturated rings. The molecule has 1 atom stereocenters. The van der Waals surface area contributed by atoms with Crippen LogP contribution in [0.3, 0.4) is 0 Å². The summed E-state index contributed by atoms with van der Waals surface area (Å²) in [7, 11) is 2.51. The van der Waals surface area contributed by atoms with E-state index in [0.717, 1.165) is 25.9 Å². The SMILES string of the molecule is CPC1(F)CCN(C)CC1. The van der Waals surface area contributed by atoms with E-state index in [1.807, 2.05) is 6.66 Å². The average Bonchev–Trinajstić information content (AvgIpc) is 1.96. The van der Waals surface area contributed by atoms with Crippen LogP contribution in [0.5, 0.6) is 0 Å². The molecule has 1 aliphatic rings. The minimum atomic E-state index is -0.813. The third kappa shape index (κ3) is 1.90. The molecule has 0 radical (unpaired) electrons. The molecule has 1 saturated heterocycles. The molecule has 1 nitrogen and oxygen atoms in total. The summed E-state index contributed by atoms with van der Waals surface area (Å²) in [6, 6.07) is 0. The Kier molecular flexibility index (Phi) is 2.65. The largest absolute Gasteiger partial charge is 0.306 e. The first-order valence-electron chi connectivity index (χ1n) is 3.73. The molecule has 0 aromatic carbocycles. The quantitative estimate of drug-likeness (QED) is 0.532. The highest BCUT2D eigenvalue weighted by Crippen LogP contribution is 2.39. The highest BCUT2D eigenvalue weighted by atomic mass is 31.1. The first kappa shape index (κ1) is 8.42. The van der Waals surface area contributed by atoms with E-state index in [4.69, 9.17) is 0 Å². The topological polar surface area (TPSA) is 3.24 Å². The van der Waals surface area contributed by atoms with Crippen LogP contribution in [0.2, 0.25) is 0 Å². The molecular formula is C7H15FNP. The summed E-state index contributed by atoms with van der Waals surface area (Å²) in [4.78, 5) is 2.19. The van der Waals surface area contributed by atoms with E-state index < -0.39 is 5.41 Å². The lowest BCUT2D eigenvalue weighted by atomic mass is 10.1. The molecular weight excluding hydrogens is 148 g/mol. The van der Waals surface area contributed by atoms with Crippen molar-refractivity contribution < 1.29 is 4.39 Å². The van der Waals surface area contributed by atoms with Crippen molar-refractivity contribution in [2.45, 2.75) is 18.3 Å². The van der Waals surface area contributed by atoms with Crippen molar-refractivity contribution >= 4 is 8.58 Å². The monoisotopic (exact) mass is 163 g/mol. The van der Waals surface area contributed by atoms with E-state index in [0.29, 0.717) is 8.58 Å². The number of likely N-dealkylation sites (tertiary alicyclic amines) is 1. The maximum Gasteiger partial charge on any atom is 0.128 e. The van der Waals surface area contributed by atoms with E-state index in [2.05, 4.69) is 11.9 Å². The van der Waals surface area contributed by atoms with Gasteiger partial charge in [0.05, 0.1) is 0 Å². The Bertz CT molecular complexity index is 110. The van der Waals surface area contributed by atoms with Gasteiger partial charge in [0.2, 0.25) is 0 Å². The van der Waals surface area contributed by atoms with Crippen LogP contribution in [0.4, 0.5) is 4.39 Å². The van der Waals surface area contributed by atoms with Crippen molar-refractivity contribution in [2.24, 2.45) is 0 Å². The molecule has 1 unspecified atom stereocenters. The van der Waals surface area contributed by atoms with Gasteiger partial charge in [-0.1, -0.05) is 8.58 Å². The van der Waals surface area contributed by atoms with Crippen LogP contribution in [-0.2, 0) is 0 Å². The second kappa shape index (κ2) is 3.15. The molecule has 0 aromatic rings. The summed E-state index contributed by atoms with van der Waals surface area (Å²) in [5.74, 6) is 0. The van der Waals surface area contributed by atoms with Gasteiger partial charge in [0.15, 0.2) is 0 Å². The van der Waals surface area contributed by atoms with Crippen molar-refractivity contribution in [3.05, 3.63) is 0 Å². The fourth-order valence-corrected chi connectivity index (χ4v) is 1.95. The molecule has 0 spiro atoms. The summed E-state index contributed by atoms with van der Waals surface area (Å²) in [5.41, 5.74) is 0. The van der Waals surface area contributed by atoms with Crippen LogP contribution in [0.15, 0.2) is 0 Å². The number of piperidine rings is 1. The maximum absolute atomic E-state index is 13.5. The lowest BCUT2D eigenvalue weighted by Crippen LogP contribution is -2.36. The fourth-order valence-electron chi connectivity index (χ4n) is 1.22. The van der Waals surface area contributed by atoms with Crippen LogP contribution in [0.1, 0.15) is 12.8 Å². The van der Waals surface area contributed by atoms with Gasteiger partial charge in [-0.25, -0.2) is 4.39 Å². The van der Waals surface area contributed by atoms with Gasteiger partial charge in [-0.3, -0.25) is 0 Å². The number of rotatable bonds is 1. The zero-order valence-electron chi connectivity index (χ0n) is 6.65. The summed E-state index contributed by atoms with van der Waals surface area (Å²) in [6.07, 6.45) is 1.47. The smallest absolute Gasteiger partial charge is 0.128 e. The highest BCUT2D eigenvalue weighted by Gasteiger charge is 2.31. The maximum atomic E-state index is 13.5.